The van der Waals surface area contributed by atoms with Crippen molar-refractivity contribution in [3.05, 3.63) is 63.4 Å². The maximum Gasteiger partial charge on any atom is 0.408 e. The molecule has 31 heavy (non-hydrogen) atoms. The van der Waals surface area contributed by atoms with Crippen molar-refractivity contribution in [1.29, 1.82) is 0 Å². The Morgan fingerprint density at radius 2 is 2.00 bits per heavy atom. The summed E-state index contributed by atoms with van der Waals surface area (Å²) in [5.41, 5.74) is -1.68. The van der Waals surface area contributed by atoms with Crippen LogP contribution < -0.4 is 10.9 Å². The molecule has 0 radical (unpaired) electrons. The van der Waals surface area contributed by atoms with Crippen molar-refractivity contribution in [2.75, 3.05) is 0 Å². The lowest BCUT2D eigenvalue weighted by molar-refractivity contribution is 0.0499. The summed E-state index contributed by atoms with van der Waals surface area (Å²) in [7, 11) is 0. The molecule has 3 aromatic rings. The second-order valence-corrected chi connectivity index (χ2v) is 8.24. The first-order chi connectivity index (χ1) is 14.5. The smallest absolute Gasteiger partial charge is 0.408 e. The summed E-state index contributed by atoms with van der Waals surface area (Å²) in [6.07, 6.45) is 1.77. The van der Waals surface area contributed by atoms with Crippen LogP contribution in [-0.4, -0.2) is 26.2 Å². The van der Waals surface area contributed by atoms with Crippen LogP contribution in [0, 0.1) is 11.6 Å². The van der Waals surface area contributed by atoms with Gasteiger partial charge < -0.3 is 10.1 Å². The molecule has 0 saturated heterocycles. The number of carbonyl (C=O) groups excluding carboxylic acids is 1. The second kappa shape index (κ2) is 8.58. The van der Waals surface area contributed by atoms with Crippen LogP contribution in [0.1, 0.15) is 46.0 Å². The van der Waals surface area contributed by atoms with Gasteiger partial charge in [0.25, 0.3) is 5.56 Å². The second-order valence-electron chi connectivity index (χ2n) is 7.83. The van der Waals surface area contributed by atoms with E-state index in [2.05, 4.69) is 15.3 Å². The Bertz CT molecular complexity index is 1210. The zero-order chi connectivity index (χ0) is 22.9. The number of hydrogen-bond donors (Lipinski definition) is 1. The summed E-state index contributed by atoms with van der Waals surface area (Å²) in [5.74, 6) is -1.46. The van der Waals surface area contributed by atoms with Crippen LogP contribution in [0.5, 0.6) is 0 Å². The predicted molar refractivity (Wildman–Crippen MR) is 112 cm³/mol. The summed E-state index contributed by atoms with van der Waals surface area (Å²) in [6, 6.07) is 2.57. The number of benzene rings is 1. The number of carbonyl (C=O) groups is 1. The van der Waals surface area contributed by atoms with Gasteiger partial charge in [0.2, 0.25) is 0 Å². The fraction of sp³-hybridized carbons (Fsp3) is 0.333. The van der Waals surface area contributed by atoms with Crippen molar-refractivity contribution < 1.29 is 18.3 Å². The van der Waals surface area contributed by atoms with Gasteiger partial charge in [-0.05, 0) is 39.3 Å². The monoisotopic (exact) mass is 450 g/mol. The van der Waals surface area contributed by atoms with E-state index >= 15 is 0 Å². The highest BCUT2D eigenvalue weighted by atomic mass is 35.5. The molecule has 2 aromatic heterocycles. The molecule has 7 nitrogen and oxygen atoms in total. The van der Waals surface area contributed by atoms with Crippen LogP contribution in [0.4, 0.5) is 13.6 Å². The molecule has 0 saturated carbocycles. The number of aromatic nitrogens is 3. The first-order valence-electron chi connectivity index (χ1n) is 9.53. The molecular formula is C21H21ClF2N4O3. The molecule has 0 fully saturated rings. The van der Waals surface area contributed by atoms with Crippen LogP contribution in [0.2, 0.25) is 5.02 Å². The first kappa shape index (κ1) is 22.6. The minimum Gasteiger partial charge on any atom is -0.444 e. The number of hydrogen-bond acceptors (Lipinski definition) is 5. The molecule has 0 bridgehead atoms. The number of fused-ring (bicyclic) bond motifs is 1. The van der Waals surface area contributed by atoms with Gasteiger partial charge in [-0.1, -0.05) is 18.5 Å². The third-order valence-electron chi connectivity index (χ3n) is 4.31. The van der Waals surface area contributed by atoms with E-state index in [4.69, 9.17) is 16.3 Å². The van der Waals surface area contributed by atoms with Crippen molar-refractivity contribution in [3.8, 4) is 5.69 Å². The van der Waals surface area contributed by atoms with Crippen molar-refractivity contribution in [3.63, 3.8) is 0 Å². The van der Waals surface area contributed by atoms with Gasteiger partial charge in [0.15, 0.2) is 0 Å². The summed E-state index contributed by atoms with van der Waals surface area (Å²) in [5, 5.41) is 2.46. The van der Waals surface area contributed by atoms with Gasteiger partial charge in [0.1, 0.15) is 28.6 Å². The summed E-state index contributed by atoms with van der Waals surface area (Å²) in [6.45, 7) is 6.84. The molecule has 2 heterocycles. The van der Waals surface area contributed by atoms with Crippen LogP contribution in [-0.2, 0) is 4.74 Å². The van der Waals surface area contributed by atoms with E-state index in [0.29, 0.717) is 0 Å². The predicted octanol–water partition coefficient (Wildman–Crippen LogP) is 4.69. The summed E-state index contributed by atoms with van der Waals surface area (Å²) in [4.78, 5) is 33.8. The van der Waals surface area contributed by atoms with E-state index in [1.807, 2.05) is 0 Å². The van der Waals surface area contributed by atoms with Gasteiger partial charge in [-0.2, -0.15) is 0 Å². The molecular weight excluding hydrogens is 430 g/mol. The third kappa shape index (κ3) is 4.82. The summed E-state index contributed by atoms with van der Waals surface area (Å²) < 4.78 is 34.8. The van der Waals surface area contributed by atoms with Crippen molar-refractivity contribution >= 4 is 28.6 Å². The van der Waals surface area contributed by atoms with Gasteiger partial charge in [-0.25, -0.2) is 18.6 Å². The van der Waals surface area contributed by atoms with E-state index in [9.17, 15) is 18.4 Å². The molecule has 0 aliphatic carbocycles. The maximum absolute atomic E-state index is 14.5. The average Bonchev–Trinajstić information content (AvgIpc) is 2.67. The van der Waals surface area contributed by atoms with E-state index in [-0.39, 0.29) is 33.9 Å². The number of amides is 1. The normalized spacial score (nSPS) is 12.6. The SMILES string of the molecule is CC[C@H](NC(=O)OC(C)(C)C)c1nc2c(F)ccc(Cl)c2c(=O)n1-c1cncc(F)c1. The highest BCUT2D eigenvalue weighted by Crippen LogP contribution is 2.26. The highest BCUT2D eigenvalue weighted by Gasteiger charge is 2.26. The Morgan fingerprint density at radius 1 is 1.29 bits per heavy atom. The van der Waals surface area contributed by atoms with E-state index in [1.165, 1.54) is 12.3 Å². The number of nitrogens with zero attached hydrogens (tertiary/aromatic N) is 3. The van der Waals surface area contributed by atoms with Crippen LogP contribution in [0.25, 0.3) is 16.6 Å². The lowest BCUT2D eigenvalue weighted by Gasteiger charge is -2.24. The molecule has 0 spiro atoms. The lowest BCUT2D eigenvalue weighted by Crippen LogP contribution is -2.38. The first-order valence-corrected chi connectivity index (χ1v) is 9.90. The maximum atomic E-state index is 14.5. The summed E-state index contributed by atoms with van der Waals surface area (Å²) >= 11 is 6.15. The van der Waals surface area contributed by atoms with Gasteiger partial charge in [0.05, 0.1) is 34.5 Å². The number of pyridine rings is 1. The number of alkyl carbamates (subject to hydrolysis) is 1. The quantitative estimate of drug-likeness (QED) is 0.623. The molecule has 0 aliphatic heterocycles. The zero-order valence-electron chi connectivity index (χ0n) is 17.4. The molecule has 164 valence electrons. The lowest BCUT2D eigenvalue weighted by atomic mass is 10.1. The number of halogens is 3. The number of ether oxygens (including phenoxy) is 1. The minimum absolute atomic E-state index is 0.00767. The van der Waals surface area contributed by atoms with E-state index in [0.717, 1.165) is 22.9 Å². The Labute approximate surface area is 182 Å². The van der Waals surface area contributed by atoms with Gasteiger partial charge in [0, 0.05) is 6.07 Å². The molecule has 1 atom stereocenters. The van der Waals surface area contributed by atoms with Crippen molar-refractivity contribution in [1.82, 2.24) is 19.9 Å². The van der Waals surface area contributed by atoms with Crippen molar-refractivity contribution in [2.45, 2.75) is 45.8 Å². The van der Waals surface area contributed by atoms with Crippen LogP contribution in [0.15, 0.2) is 35.4 Å². The Hall–Kier alpha value is -3.07. The van der Waals surface area contributed by atoms with Crippen LogP contribution >= 0.6 is 11.6 Å². The molecule has 10 heteroatoms. The number of nitrogens with one attached hydrogen (secondary N) is 1. The van der Waals surface area contributed by atoms with E-state index < -0.39 is 34.9 Å². The topological polar surface area (TPSA) is 86.1 Å². The Balaban J connectivity index is 2.27. The molecule has 1 N–H and O–H groups in total. The van der Waals surface area contributed by atoms with Gasteiger partial charge >= 0.3 is 6.09 Å². The largest absolute Gasteiger partial charge is 0.444 e. The van der Waals surface area contributed by atoms with E-state index in [1.54, 1.807) is 27.7 Å². The van der Waals surface area contributed by atoms with Crippen LogP contribution in [0.3, 0.4) is 0 Å². The molecule has 1 aromatic carbocycles. The highest BCUT2D eigenvalue weighted by molar-refractivity contribution is 6.35. The Morgan fingerprint density at radius 3 is 2.61 bits per heavy atom. The fourth-order valence-corrected chi connectivity index (χ4v) is 3.27. The molecule has 0 aliphatic rings. The molecule has 3 rings (SSSR count). The van der Waals surface area contributed by atoms with Gasteiger partial charge in [-0.15, -0.1) is 0 Å². The third-order valence-corrected chi connectivity index (χ3v) is 4.62. The molecule has 1 amide bonds. The fourth-order valence-electron chi connectivity index (χ4n) is 3.04. The minimum atomic E-state index is -0.853. The van der Waals surface area contributed by atoms with Crippen molar-refractivity contribution in [2.24, 2.45) is 0 Å². The standard InChI is InChI=1S/C21H21ClF2N4O3/c1-5-15(26-20(30)31-21(2,3)4)18-27-17-14(24)7-6-13(22)16(17)19(29)28(18)12-8-11(23)9-25-10-12/h6-10,15H,5H2,1-4H3,(H,26,30)/t15-/m0/s1. The average molecular weight is 451 g/mol. The zero-order valence-corrected chi connectivity index (χ0v) is 18.1. The Kier molecular flexibility index (Phi) is 6.26. The van der Waals surface area contributed by atoms with Gasteiger partial charge in [-0.3, -0.25) is 14.3 Å². The number of rotatable bonds is 4. The molecule has 0 unspecified atom stereocenters.